The Labute approximate surface area is 70.8 Å². The molecule has 54 valence electrons. The maximum Gasteiger partial charge on any atom is 0.0949 e. The van der Waals surface area contributed by atoms with Crippen LogP contribution in [0, 0.1) is 0 Å². The molecule has 4 heteroatoms. The molecular weight excluding hydrogens is 252 g/mol. The van der Waals surface area contributed by atoms with Gasteiger partial charge >= 0.3 is 0 Å². The van der Waals surface area contributed by atoms with Crippen LogP contribution in [0.3, 0.4) is 0 Å². The van der Waals surface area contributed by atoms with E-state index in [1.807, 2.05) is 0 Å². The summed E-state index contributed by atoms with van der Waals surface area (Å²) in [5.74, 6) is 0. The molecule has 1 aliphatic rings. The van der Waals surface area contributed by atoms with E-state index in [4.69, 9.17) is 5.26 Å². The van der Waals surface area contributed by atoms with Gasteiger partial charge in [-0.25, -0.2) is 4.89 Å². The summed E-state index contributed by atoms with van der Waals surface area (Å²) in [5, 5.41) is 8.26. The van der Waals surface area contributed by atoms with Crippen molar-refractivity contribution in [1.82, 2.24) is 0 Å². The Kier molecular flexibility index (Phi) is 2.95. The number of hydrogen-bond donors (Lipinski definition) is 1. The van der Waals surface area contributed by atoms with Crippen LogP contribution in [0.1, 0.15) is 12.8 Å². The third kappa shape index (κ3) is 1.90. The fraction of sp³-hybridized carbons (Fsp3) is 1.00. The average Bonchev–Trinajstić information content (AvgIpc) is 2.13. The van der Waals surface area contributed by atoms with Crippen molar-refractivity contribution in [2.75, 3.05) is 0 Å². The fourth-order valence-corrected chi connectivity index (χ4v) is 2.25. The summed E-state index contributed by atoms with van der Waals surface area (Å²) in [4.78, 5) is 5.07. The molecule has 0 spiro atoms. The number of hydrogen-bond acceptors (Lipinski definition) is 2. The molecule has 1 rings (SSSR count). The maximum atomic E-state index is 8.26. The van der Waals surface area contributed by atoms with Crippen LogP contribution in [-0.4, -0.2) is 21.0 Å². The number of rotatable bonds is 1. The van der Waals surface area contributed by atoms with E-state index in [0.717, 1.165) is 12.8 Å². The summed E-state index contributed by atoms with van der Waals surface area (Å²) in [5.41, 5.74) is 0. The molecule has 2 nitrogen and oxygen atoms in total. The van der Waals surface area contributed by atoms with Crippen molar-refractivity contribution >= 4 is 31.9 Å². The normalized spacial score (nSPS) is 43.7. The van der Waals surface area contributed by atoms with Crippen LogP contribution in [0.15, 0.2) is 0 Å². The minimum atomic E-state index is 0.0127. The summed E-state index contributed by atoms with van der Waals surface area (Å²) >= 11 is 6.89. The Hall–Kier alpha value is 0.880. The van der Waals surface area contributed by atoms with Gasteiger partial charge in [-0.05, 0) is 12.8 Å². The lowest BCUT2D eigenvalue weighted by Crippen LogP contribution is -2.04. The topological polar surface area (TPSA) is 29.5 Å². The molecule has 0 bridgehead atoms. The van der Waals surface area contributed by atoms with Gasteiger partial charge in [-0.1, -0.05) is 31.9 Å². The van der Waals surface area contributed by atoms with Crippen molar-refractivity contribution in [3.05, 3.63) is 0 Å². The molecule has 1 saturated carbocycles. The highest BCUT2D eigenvalue weighted by molar-refractivity contribution is 9.12. The molecule has 0 aromatic rings. The Bertz CT molecular complexity index is 89.0. The Morgan fingerprint density at radius 2 is 1.67 bits per heavy atom. The molecule has 1 fully saturated rings. The van der Waals surface area contributed by atoms with Gasteiger partial charge in [0.2, 0.25) is 0 Å². The van der Waals surface area contributed by atoms with Gasteiger partial charge in [0, 0.05) is 9.65 Å². The molecule has 0 heterocycles. The van der Waals surface area contributed by atoms with Crippen molar-refractivity contribution in [3.8, 4) is 0 Å². The van der Waals surface area contributed by atoms with E-state index in [1.54, 1.807) is 0 Å². The van der Waals surface area contributed by atoms with Crippen LogP contribution in [0.2, 0.25) is 0 Å². The van der Waals surface area contributed by atoms with Crippen LogP contribution in [0.25, 0.3) is 0 Å². The summed E-state index contributed by atoms with van der Waals surface area (Å²) in [6, 6.07) is 0. The average molecular weight is 260 g/mol. The third-order valence-electron chi connectivity index (χ3n) is 1.52. The highest BCUT2D eigenvalue weighted by Gasteiger charge is 2.31. The first-order valence-electron chi connectivity index (χ1n) is 2.82. The van der Waals surface area contributed by atoms with E-state index < -0.39 is 0 Å². The summed E-state index contributed by atoms with van der Waals surface area (Å²) in [6.45, 7) is 0. The molecule has 0 aromatic carbocycles. The van der Waals surface area contributed by atoms with Crippen molar-refractivity contribution in [2.24, 2.45) is 0 Å². The van der Waals surface area contributed by atoms with E-state index in [-0.39, 0.29) is 6.10 Å². The molecule has 0 saturated heterocycles. The Morgan fingerprint density at radius 3 is 1.89 bits per heavy atom. The molecule has 2 unspecified atom stereocenters. The smallest absolute Gasteiger partial charge is 0.0949 e. The summed E-state index contributed by atoms with van der Waals surface area (Å²) < 4.78 is 0. The predicted octanol–water partition coefficient (Wildman–Crippen LogP) is 2.17. The lowest BCUT2D eigenvalue weighted by atomic mass is 10.3. The first-order valence-corrected chi connectivity index (χ1v) is 4.65. The Morgan fingerprint density at radius 1 is 1.22 bits per heavy atom. The highest BCUT2D eigenvalue weighted by Crippen LogP contribution is 2.32. The largest absolute Gasteiger partial charge is 0.252 e. The second-order valence-electron chi connectivity index (χ2n) is 2.23. The zero-order chi connectivity index (χ0) is 6.85. The van der Waals surface area contributed by atoms with Crippen molar-refractivity contribution in [2.45, 2.75) is 28.6 Å². The molecule has 2 atom stereocenters. The van der Waals surface area contributed by atoms with Gasteiger partial charge in [0.1, 0.15) is 0 Å². The second kappa shape index (κ2) is 3.32. The van der Waals surface area contributed by atoms with E-state index in [1.165, 1.54) is 0 Å². The molecule has 9 heavy (non-hydrogen) atoms. The molecule has 0 radical (unpaired) electrons. The standard InChI is InChI=1S/C5H8Br2O2/c6-4-1-3(9-8)2-5(4)7/h3-5,8H,1-2H2. The summed E-state index contributed by atoms with van der Waals surface area (Å²) in [6.07, 6.45) is 1.78. The van der Waals surface area contributed by atoms with Crippen LogP contribution < -0.4 is 0 Å². The molecular formula is C5H8Br2O2. The van der Waals surface area contributed by atoms with E-state index in [9.17, 15) is 0 Å². The lowest BCUT2D eigenvalue weighted by Gasteiger charge is -2.00. The van der Waals surface area contributed by atoms with Crippen LogP contribution in [0.4, 0.5) is 0 Å². The van der Waals surface area contributed by atoms with Gasteiger partial charge in [-0.15, -0.1) is 0 Å². The number of halogens is 2. The van der Waals surface area contributed by atoms with E-state index in [2.05, 4.69) is 36.7 Å². The van der Waals surface area contributed by atoms with Crippen molar-refractivity contribution in [1.29, 1.82) is 0 Å². The van der Waals surface area contributed by atoms with Crippen molar-refractivity contribution in [3.63, 3.8) is 0 Å². The van der Waals surface area contributed by atoms with Crippen LogP contribution in [0.5, 0.6) is 0 Å². The molecule has 1 N–H and O–H groups in total. The quantitative estimate of drug-likeness (QED) is 0.444. The third-order valence-corrected chi connectivity index (χ3v) is 4.25. The SMILES string of the molecule is OOC1CC(Br)C(Br)C1. The Balaban J connectivity index is 2.35. The van der Waals surface area contributed by atoms with Gasteiger partial charge < -0.3 is 0 Å². The van der Waals surface area contributed by atoms with Gasteiger partial charge in [-0.3, -0.25) is 5.26 Å². The maximum absolute atomic E-state index is 8.26. The lowest BCUT2D eigenvalue weighted by molar-refractivity contribution is -0.275. The first kappa shape index (κ1) is 7.98. The van der Waals surface area contributed by atoms with E-state index >= 15 is 0 Å². The van der Waals surface area contributed by atoms with Gasteiger partial charge in [-0.2, -0.15) is 0 Å². The van der Waals surface area contributed by atoms with Gasteiger partial charge in [0.05, 0.1) is 6.10 Å². The van der Waals surface area contributed by atoms with Crippen molar-refractivity contribution < 1.29 is 10.1 Å². The van der Waals surface area contributed by atoms with Crippen LogP contribution in [-0.2, 0) is 4.89 Å². The van der Waals surface area contributed by atoms with Gasteiger partial charge in [0.25, 0.3) is 0 Å². The van der Waals surface area contributed by atoms with Gasteiger partial charge in [0.15, 0.2) is 0 Å². The number of alkyl halides is 2. The second-order valence-corrected chi connectivity index (χ2v) is 4.58. The predicted molar refractivity (Wildman–Crippen MR) is 42.2 cm³/mol. The minimum absolute atomic E-state index is 0.0127. The molecule has 0 amide bonds. The monoisotopic (exact) mass is 258 g/mol. The minimum Gasteiger partial charge on any atom is -0.252 e. The highest BCUT2D eigenvalue weighted by atomic mass is 79.9. The molecule has 0 aliphatic heterocycles. The fourth-order valence-electron chi connectivity index (χ4n) is 0.980. The zero-order valence-corrected chi connectivity index (χ0v) is 7.93. The molecule has 0 aromatic heterocycles. The van der Waals surface area contributed by atoms with E-state index in [0.29, 0.717) is 9.65 Å². The van der Waals surface area contributed by atoms with Crippen LogP contribution >= 0.6 is 31.9 Å². The first-order chi connectivity index (χ1) is 4.24. The zero-order valence-electron chi connectivity index (χ0n) is 4.76. The molecule has 1 aliphatic carbocycles. The summed E-state index contributed by atoms with van der Waals surface area (Å²) in [7, 11) is 0.